The summed E-state index contributed by atoms with van der Waals surface area (Å²) in [5.41, 5.74) is 0.836. The Bertz CT molecular complexity index is 489. The van der Waals surface area contributed by atoms with E-state index in [0.29, 0.717) is 6.54 Å². The van der Waals surface area contributed by atoms with Gasteiger partial charge < -0.3 is 15.3 Å². The van der Waals surface area contributed by atoms with Crippen molar-refractivity contribution >= 4 is 11.7 Å². The van der Waals surface area contributed by atoms with Crippen LogP contribution in [0.4, 0.5) is 5.82 Å². The van der Waals surface area contributed by atoms with Crippen molar-refractivity contribution in [2.24, 2.45) is 5.92 Å². The topological polar surface area (TPSA) is 65.5 Å². The molecular weight excluding hydrogens is 242 g/mol. The van der Waals surface area contributed by atoms with Gasteiger partial charge in [-0.15, -0.1) is 0 Å². The second-order valence-electron chi connectivity index (χ2n) is 5.35. The van der Waals surface area contributed by atoms with Gasteiger partial charge in [0.25, 0.3) is 0 Å². The molecule has 0 radical (unpaired) electrons. The molecule has 0 saturated carbocycles. The van der Waals surface area contributed by atoms with Crippen molar-refractivity contribution in [2.75, 3.05) is 18.0 Å². The maximum Gasteiger partial charge on any atom is 0.225 e. The number of carbonyl (C=O) groups is 1. The van der Waals surface area contributed by atoms with Crippen LogP contribution in [-0.2, 0) is 4.79 Å². The predicted octanol–water partition coefficient (Wildman–Crippen LogP) is 0.850. The Morgan fingerprint density at radius 2 is 2.42 bits per heavy atom. The number of anilines is 1. The monoisotopic (exact) mass is 261 g/mol. The zero-order valence-electron chi connectivity index (χ0n) is 11.0. The summed E-state index contributed by atoms with van der Waals surface area (Å²) < 4.78 is 0. The quantitative estimate of drug-likeness (QED) is 0.828. The van der Waals surface area contributed by atoms with Crippen LogP contribution in [0.2, 0.25) is 0 Å². The Labute approximate surface area is 112 Å². The van der Waals surface area contributed by atoms with Gasteiger partial charge in [0.05, 0.1) is 18.1 Å². The minimum Gasteiger partial charge on any atom is -0.389 e. The van der Waals surface area contributed by atoms with Crippen molar-refractivity contribution < 1.29 is 9.90 Å². The van der Waals surface area contributed by atoms with Crippen LogP contribution < -0.4 is 10.2 Å². The molecular formula is C14H19N3O2. The summed E-state index contributed by atoms with van der Waals surface area (Å²) in [5, 5.41) is 12.8. The van der Waals surface area contributed by atoms with Crippen molar-refractivity contribution in [3.63, 3.8) is 0 Å². The first-order valence-corrected chi connectivity index (χ1v) is 6.86. The molecule has 102 valence electrons. The number of rotatable bonds is 2. The number of aliphatic hydroxyl groups is 1. The normalized spacial score (nSPS) is 27.9. The fourth-order valence-electron chi connectivity index (χ4n) is 3.19. The molecule has 2 N–H and O–H groups in total. The standard InChI is InChI=1S/C14H19N3O2/c1-9(18)10-4-2-6-15-13(10)17-7-3-5-11-12(17)8-16-14(11)19/h2,4,6,9,11-12,18H,3,5,7-8H2,1H3,(H,16,19)/t9-,11?,12?/m0/s1. The summed E-state index contributed by atoms with van der Waals surface area (Å²) in [7, 11) is 0. The van der Waals surface area contributed by atoms with Gasteiger partial charge in [0.2, 0.25) is 5.91 Å². The molecule has 19 heavy (non-hydrogen) atoms. The molecule has 0 bridgehead atoms. The third-order valence-electron chi connectivity index (χ3n) is 4.14. The van der Waals surface area contributed by atoms with Gasteiger partial charge in [-0.25, -0.2) is 4.98 Å². The summed E-state index contributed by atoms with van der Waals surface area (Å²) >= 11 is 0. The molecule has 2 saturated heterocycles. The van der Waals surface area contributed by atoms with Gasteiger partial charge in [-0.2, -0.15) is 0 Å². The number of aromatic nitrogens is 1. The fourth-order valence-corrected chi connectivity index (χ4v) is 3.19. The molecule has 2 aliphatic rings. The van der Waals surface area contributed by atoms with Crippen molar-refractivity contribution in [3.05, 3.63) is 23.9 Å². The summed E-state index contributed by atoms with van der Waals surface area (Å²) in [4.78, 5) is 18.4. The number of fused-ring (bicyclic) bond motifs is 1. The molecule has 3 rings (SSSR count). The minimum absolute atomic E-state index is 0.0672. The van der Waals surface area contributed by atoms with E-state index in [1.54, 1.807) is 13.1 Å². The molecule has 1 aromatic rings. The van der Waals surface area contributed by atoms with Crippen LogP contribution in [0.25, 0.3) is 0 Å². The lowest BCUT2D eigenvalue weighted by Crippen LogP contribution is -2.46. The highest BCUT2D eigenvalue weighted by atomic mass is 16.3. The third-order valence-corrected chi connectivity index (χ3v) is 4.14. The highest BCUT2D eigenvalue weighted by molar-refractivity contribution is 5.83. The second kappa shape index (κ2) is 4.81. The molecule has 2 aliphatic heterocycles. The molecule has 0 aliphatic carbocycles. The Morgan fingerprint density at radius 3 is 3.21 bits per heavy atom. The van der Waals surface area contributed by atoms with Gasteiger partial charge in [0.1, 0.15) is 5.82 Å². The zero-order valence-corrected chi connectivity index (χ0v) is 11.0. The lowest BCUT2D eigenvalue weighted by molar-refractivity contribution is -0.122. The van der Waals surface area contributed by atoms with E-state index in [4.69, 9.17) is 0 Å². The average molecular weight is 261 g/mol. The third kappa shape index (κ3) is 2.08. The predicted molar refractivity (Wildman–Crippen MR) is 71.7 cm³/mol. The summed E-state index contributed by atoms with van der Waals surface area (Å²) in [5.74, 6) is 1.05. The Balaban J connectivity index is 1.95. The summed E-state index contributed by atoms with van der Waals surface area (Å²) in [6.07, 6.45) is 3.14. The molecule has 1 aromatic heterocycles. The van der Waals surface area contributed by atoms with E-state index in [1.165, 1.54) is 0 Å². The van der Waals surface area contributed by atoms with Crippen LogP contribution in [0.3, 0.4) is 0 Å². The first-order chi connectivity index (χ1) is 9.18. The zero-order chi connectivity index (χ0) is 13.4. The van der Waals surface area contributed by atoms with Crippen LogP contribution >= 0.6 is 0 Å². The molecule has 2 fully saturated rings. The Hall–Kier alpha value is -1.62. The van der Waals surface area contributed by atoms with E-state index in [2.05, 4.69) is 15.2 Å². The Kier molecular flexibility index (Phi) is 3.14. The van der Waals surface area contributed by atoms with Gasteiger partial charge >= 0.3 is 0 Å². The number of nitrogens with one attached hydrogen (secondary N) is 1. The van der Waals surface area contributed by atoms with E-state index in [1.807, 2.05) is 12.1 Å². The highest BCUT2D eigenvalue weighted by Gasteiger charge is 2.41. The molecule has 5 nitrogen and oxygen atoms in total. The first-order valence-electron chi connectivity index (χ1n) is 6.86. The molecule has 5 heteroatoms. The van der Waals surface area contributed by atoms with Crippen molar-refractivity contribution in [2.45, 2.75) is 31.9 Å². The van der Waals surface area contributed by atoms with E-state index < -0.39 is 6.10 Å². The van der Waals surface area contributed by atoms with Gasteiger partial charge in [-0.3, -0.25) is 4.79 Å². The molecule has 0 spiro atoms. The molecule has 2 unspecified atom stereocenters. The smallest absolute Gasteiger partial charge is 0.225 e. The number of pyridine rings is 1. The van der Waals surface area contributed by atoms with Gasteiger partial charge in [-0.05, 0) is 25.8 Å². The van der Waals surface area contributed by atoms with E-state index in [-0.39, 0.29) is 17.9 Å². The van der Waals surface area contributed by atoms with Crippen molar-refractivity contribution in [3.8, 4) is 0 Å². The maximum atomic E-state index is 11.8. The SMILES string of the molecule is C[C@H](O)c1cccnc1N1CCCC2C(=O)NCC21. The van der Waals surface area contributed by atoms with Gasteiger partial charge in [0, 0.05) is 24.8 Å². The highest BCUT2D eigenvalue weighted by Crippen LogP contribution is 2.33. The number of carbonyl (C=O) groups excluding carboxylic acids is 1. The van der Waals surface area contributed by atoms with Crippen molar-refractivity contribution in [1.29, 1.82) is 0 Å². The van der Waals surface area contributed by atoms with Crippen LogP contribution in [0, 0.1) is 5.92 Å². The number of piperidine rings is 1. The maximum absolute atomic E-state index is 11.8. The number of nitrogens with zero attached hydrogens (tertiary/aromatic N) is 2. The average Bonchev–Trinajstić information content (AvgIpc) is 2.81. The van der Waals surface area contributed by atoms with Crippen LogP contribution in [0.1, 0.15) is 31.4 Å². The van der Waals surface area contributed by atoms with E-state index in [9.17, 15) is 9.90 Å². The van der Waals surface area contributed by atoms with Crippen molar-refractivity contribution in [1.82, 2.24) is 10.3 Å². The first kappa shape index (κ1) is 12.4. The molecule has 1 amide bonds. The van der Waals surface area contributed by atoms with Gasteiger partial charge in [-0.1, -0.05) is 6.07 Å². The van der Waals surface area contributed by atoms with E-state index in [0.717, 1.165) is 30.8 Å². The number of amides is 1. The minimum atomic E-state index is -0.547. The lowest BCUT2D eigenvalue weighted by atomic mass is 9.91. The number of hydrogen-bond acceptors (Lipinski definition) is 4. The molecule has 0 aromatic carbocycles. The van der Waals surface area contributed by atoms with Crippen LogP contribution in [0.15, 0.2) is 18.3 Å². The van der Waals surface area contributed by atoms with Crippen LogP contribution in [-0.4, -0.2) is 35.1 Å². The van der Waals surface area contributed by atoms with E-state index >= 15 is 0 Å². The number of hydrogen-bond donors (Lipinski definition) is 2. The number of aliphatic hydroxyl groups excluding tert-OH is 1. The molecule has 3 atom stereocenters. The lowest BCUT2D eigenvalue weighted by Gasteiger charge is -2.38. The largest absolute Gasteiger partial charge is 0.389 e. The summed E-state index contributed by atoms with van der Waals surface area (Å²) in [6, 6.07) is 3.92. The van der Waals surface area contributed by atoms with Gasteiger partial charge in [0.15, 0.2) is 0 Å². The fraction of sp³-hybridized carbons (Fsp3) is 0.571. The second-order valence-corrected chi connectivity index (χ2v) is 5.35. The Morgan fingerprint density at radius 1 is 1.58 bits per heavy atom. The molecule has 3 heterocycles. The van der Waals surface area contributed by atoms with Crippen LogP contribution in [0.5, 0.6) is 0 Å². The summed E-state index contributed by atoms with van der Waals surface area (Å²) in [6.45, 7) is 3.33.